The SMILES string of the molecule is CC(C)c1cc2[n+]3c(c1)-c1cc(C(C)C)cc4[n+]1C31c3c(ccc5c6ccccc6n(c35)-c3ccc5c6ccccc6n-4c5c31)O2. The molecule has 0 radical (unpaired) electrons. The molecule has 4 aromatic heterocycles. The zero-order chi connectivity index (χ0) is 30.4. The van der Waals surface area contributed by atoms with E-state index in [4.69, 9.17) is 4.74 Å². The standard InChI is InChI=1S/C41H30N4O/c1-21(2)23-17-32-33-18-24(22(3)4)20-36-45(33)41-37-31(42-29-11-7-5-9-25(29)28-14-16-34(46-36)38(41)40(28)42)15-13-27-26-10-6-8-12-30(26)43(39(27)37)35(19-23)44(32)41/h5-22H,1-4H3/q+2. The van der Waals surface area contributed by atoms with Gasteiger partial charge in [0.2, 0.25) is 5.69 Å². The van der Waals surface area contributed by atoms with Crippen molar-refractivity contribution in [1.82, 2.24) is 9.13 Å². The summed E-state index contributed by atoms with van der Waals surface area (Å²) >= 11 is 0. The van der Waals surface area contributed by atoms with Gasteiger partial charge in [0, 0.05) is 33.7 Å². The monoisotopic (exact) mass is 594 g/mol. The van der Waals surface area contributed by atoms with Crippen LogP contribution in [0.4, 0.5) is 0 Å². The molecule has 0 saturated carbocycles. The van der Waals surface area contributed by atoms with Crippen LogP contribution in [0.25, 0.3) is 66.5 Å². The lowest BCUT2D eigenvalue weighted by Gasteiger charge is -2.37. The van der Waals surface area contributed by atoms with Crippen molar-refractivity contribution in [2.45, 2.75) is 45.2 Å². The van der Waals surface area contributed by atoms with E-state index in [1.807, 2.05) is 0 Å². The summed E-state index contributed by atoms with van der Waals surface area (Å²) in [6.07, 6.45) is 0. The van der Waals surface area contributed by atoms with Gasteiger partial charge in [-0.2, -0.15) is 4.57 Å². The Hall–Kier alpha value is -5.42. The Kier molecular flexibility index (Phi) is 3.81. The molecule has 0 N–H and O–H groups in total. The third kappa shape index (κ3) is 2.28. The summed E-state index contributed by atoms with van der Waals surface area (Å²) in [7, 11) is 0. The Bertz CT molecular complexity index is 2800. The molecule has 0 aliphatic carbocycles. The number of ether oxygens (including phenoxy) is 1. The number of fused-ring (bicyclic) bond motifs is 9. The number of hydrogen-bond donors (Lipinski definition) is 0. The zero-order valence-corrected chi connectivity index (χ0v) is 26.1. The van der Waals surface area contributed by atoms with Gasteiger partial charge in [0.05, 0.1) is 22.8 Å². The lowest BCUT2D eigenvalue weighted by molar-refractivity contribution is -0.938. The van der Waals surface area contributed by atoms with E-state index in [9.17, 15) is 0 Å². The van der Waals surface area contributed by atoms with Gasteiger partial charge < -0.3 is 9.30 Å². The number of para-hydroxylation sites is 2. The molecule has 12 rings (SSSR count). The second kappa shape index (κ2) is 7.34. The number of benzene rings is 4. The molecule has 5 nitrogen and oxygen atoms in total. The maximum Gasteiger partial charge on any atom is 0.378 e. The van der Waals surface area contributed by atoms with E-state index in [1.165, 1.54) is 88.8 Å². The summed E-state index contributed by atoms with van der Waals surface area (Å²) < 4.78 is 17.4. The van der Waals surface area contributed by atoms with E-state index in [-0.39, 0.29) is 0 Å². The van der Waals surface area contributed by atoms with Crippen LogP contribution in [0.15, 0.2) is 97.1 Å². The topological polar surface area (TPSA) is 26.8 Å². The number of nitrogens with zero attached hydrogens (tertiary/aromatic N) is 4. The molecule has 0 saturated heterocycles. The van der Waals surface area contributed by atoms with Crippen molar-refractivity contribution in [1.29, 1.82) is 0 Å². The van der Waals surface area contributed by atoms with Crippen molar-refractivity contribution in [2.24, 2.45) is 0 Å². The lowest BCUT2D eigenvalue weighted by atomic mass is 9.81. The second-order valence-corrected chi connectivity index (χ2v) is 14.2. The van der Waals surface area contributed by atoms with Crippen LogP contribution in [-0.2, 0) is 5.66 Å². The normalized spacial score (nSPS) is 17.3. The van der Waals surface area contributed by atoms with Gasteiger partial charge in [-0.1, -0.05) is 58.0 Å². The van der Waals surface area contributed by atoms with E-state index in [1.54, 1.807) is 0 Å². The van der Waals surface area contributed by atoms with E-state index < -0.39 is 5.66 Å². The number of rotatable bonds is 2. The molecule has 46 heavy (non-hydrogen) atoms. The third-order valence-corrected chi connectivity index (χ3v) is 11.4. The Morgan fingerprint density at radius 1 is 0.587 bits per heavy atom. The highest BCUT2D eigenvalue weighted by Crippen LogP contribution is 2.58. The largest absolute Gasteiger partial charge is 0.404 e. The highest BCUT2D eigenvalue weighted by molar-refractivity contribution is 6.16. The summed E-state index contributed by atoms with van der Waals surface area (Å²) in [5.74, 6) is 3.80. The van der Waals surface area contributed by atoms with E-state index in [2.05, 4.69) is 143 Å². The molecule has 8 aromatic rings. The average Bonchev–Trinajstić information content (AvgIpc) is 3.69. The zero-order valence-electron chi connectivity index (χ0n) is 26.1. The van der Waals surface area contributed by atoms with Gasteiger partial charge >= 0.3 is 11.5 Å². The fraction of sp³-hybridized carbons (Fsp3) is 0.171. The Labute approximate surface area is 265 Å². The first-order valence-electron chi connectivity index (χ1n) is 16.5. The molecule has 8 heterocycles. The third-order valence-electron chi connectivity index (χ3n) is 11.4. The molecule has 0 fully saturated rings. The van der Waals surface area contributed by atoms with Gasteiger partial charge in [-0.25, -0.2) is 0 Å². The minimum Gasteiger partial charge on any atom is -0.404 e. The number of hydrogen-bond acceptors (Lipinski definition) is 1. The van der Waals surface area contributed by atoms with Crippen molar-refractivity contribution in [2.75, 3.05) is 0 Å². The van der Waals surface area contributed by atoms with Gasteiger partial charge in [0.25, 0.3) is 11.5 Å². The molecule has 1 atom stereocenters. The summed E-state index contributed by atoms with van der Waals surface area (Å²) in [5, 5.41) is 5.12. The summed E-state index contributed by atoms with van der Waals surface area (Å²) in [4.78, 5) is 0. The second-order valence-electron chi connectivity index (χ2n) is 14.2. The average molecular weight is 595 g/mol. The molecule has 0 amide bonds. The molecule has 218 valence electrons. The fourth-order valence-corrected chi connectivity index (χ4v) is 9.46. The van der Waals surface area contributed by atoms with Crippen molar-refractivity contribution in [3.05, 3.63) is 119 Å². The smallest absolute Gasteiger partial charge is 0.378 e. The molecule has 1 unspecified atom stereocenters. The molecule has 4 aliphatic heterocycles. The van der Waals surface area contributed by atoms with Crippen LogP contribution in [0.3, 0.4) is 0 Å². The van der Waals surface area contributed by atoms with Crippen LogP contribution in [-0.4, -0.2) is 9.13 Å². The van der Waals surface area contributed by atoms with Gasteiger partial charge in [0.1, 0.15) is 16.6 Å². The maximum absolute atomic E-state index is 7.06. The van der Waals surface area contributed by atoms with Crippen LogP contribution < -0.4 is 13.9 Å². The molecule has 4 aliphatic rings. The van der Waals surface area contributed by atoms with E-state index >= 15 is 0 Å². The van der Waals surface area contributed by atoms with E-state index in [0.717, 1.165) is 11.6 Å². The van der Waals surface area contributed by atoms with Crippen LogP contribution in [0.1, 0.15) is 61.8 Å². The Balaban J connectivity index is 1.45. The first-order chi connectivity index (χ1) is 22.5. The number of aromatic nitrogens is 4. The van der Waals surface area contributed by atoms with Crippen LogP contribution in [0.5, 0.6) is 11.6 Å². The minimum absolute atomic E-state index is 0.364. The Morgan fingerprint density at radius 2 is 1.20 bits per heavy atom. The van der Waals surface area contributed by atoms with Crippen molar-refractivity contribution in [3.8, 4) is 34.5 Å². The first-order valence-corrected chi connectivity index (χ1v) is 16.5. The highest BCUT2D eigenvalue weighted by Gasteiger charge is 2.71. The van der Waals surface area contributed by atoms with Crippen molar-refractivity contribution >= 4 is 43.6 Å². The first kappa shape index (κ1) is 23.9. The van der Waals surface area contributed by atoms with Gasteiger partial charge in [0.15, 0.2) is 11.3 Å². The molecule has 5 heteroatoms. The molecule has 4 aromatic carbocycles. The molecule has 0 bridgehead atoms. The summed E-state index contributed by atoms with van der Waals surface area (Å²) in [6.45, 7) is 9.18. The number of pyridine rings is 2. The van der Waals surface area contributed by atoms with Crippen LogP contribution >= 0.6 is 0 Å². The van der Waals surface area contributed by atoms with Gasteiger partial charge in [-0.15, -0.1) is 9.13 Å². The predicted octanol–water partition coefficient (Wildman–Crippen LogP) is 8.71. The van der Waals surface area contributed by atoms with Gasteiger partial charge in [-0.3, -0.25) is 0 Å². The molecular weight excluding hydrogens is 564 g/mol. The summed E-state index contributed by atoms with van der Waals surface area (Å²) in [5.41, 5.74) is 13.3. The molecule has 1 spiro atoms. The quantitative estimate of drug-likeness (QED) is 0.184. The van der Waals surface area contributed by atoms with Crippen molar-refractivity contribution < 1.29 is 13.9 Å². The summed E-state index contributed by atoms with van der Waals surface area (Å²) in [6, 6.07) is 36.7. The lowest BCUT2D eigenvalue weighted by Crippen LogP contribution is -2.75. The maximum atomic E-state index is 7.06. The Morgan fingerprint density at radius 3 is 1.91 bits per heavy atom. The van der Waals surface area contributed by atoms with Crippen LogP contribution in [0, 0.1) is 0 Å². The molecular formula is C41H30N4O+2. The van der Waals surface area contributed by atoms with Crippen LogP contribution in [0.2, 0.25) is 0 Å². The van der Waals surface area contributed by atoms with Crippen molar-refractivity contribution in [3.63, 3.8) is 0 Å². The highest BCUT2D eigenvalue weighted by atomic mass is 16.5. The fourth-order valence-electron chi connectivity index (χ4n) is 9.46. The predicted molar refractivity (Wildman–Crippen MR) is 181 cm³/mol. The van der Waals surface area contributed by atoms with Gasteiger partial charge in [-0.05, 0) is 71.5 Å². The minimum atomic E-state index is -0.642. The van der Waals surface area contributed by atoms with E-state index in [0.29, 0.717) is 11.8 Å².